The van der Waals surface area contributed by atoms with E-state index in [1.807, 2.05) is 6.07 Å². The third-order valence-corrected chi connectivity index (χ3v) is 6.83. The molecular formula is C28H29Cl2N5O5. The Morgan fingerprint density at radius 1 is 0.925 bits per heavy atom. The van der Waals surface area contributed by atoms with E-state index in [0.717, 1.165) is 25.2 Å². The third kappa shape index (κ3) is 6.77. The molecule has 3 N–H and O–H groups in total. The van der Waals surface area contributed by atoms with Gasteiger partial charge in [-0.25, -0.2) is 4.79 Å². The van der Waals surface area contributed by atoms with Gasteiger partial charge in [0, 0.05) is 42.3 Å². The second kappa shape index (κ2) is 13.9. The van der Waals surface area contributed by atoms with E-state index in [2.05, 4.69) is 33.7 Å². The van der Waals surface area contributed by atoms with Gasteiger partial charge in [-0.05, 0) is 30.8 Å². The Bertz CT molecular complexity index is 1480. The zero-order chi connectivity index (χ0) is 29.4. The predicted octanol–water partition coefficient (Wildman–Crippen LogP) is 5.34. The van der Waals surface area contributed by atoms with Crippen molar-refractivity contribution in [3.05, 3.63) is 75.8 Å². The highest BCUT2D eigenvalue weighted by atomic mass is 35.5. The van der Waals surface area contributed by atoms with Crippen LogP contribution < -0.4 is 15.2 Å². The van der Waals surface area contributed by atoms with Gasteiger partial charge in [0.1, 0.15) is 22.7 Å². The van der Waals surface area contributed by atoms with E-state index in [0.29, 0.717) is 33.8 Å². The number of amides is 1. The van der Waals surface area contributed by atoms with E-state index in [-0.39, 0.29) is 21.1 Å². The first-order chi connectivity index (χ1) is 19.2. The molecule has 0 saturated heterocycles. The number of halogens is 2. The number of ether oxygens (including phenoxy) is 2. The molecule has 4 aromatic rings. The van der Waals surface area contributed by atoms with Crippen molar-refractivity contribution >= 4 is 46.1 Å². The fourth-order valence-corrected chi connectivity index (χ4v) is 4.63. The first-order valence-corrected chi connectivity index (χ1v) is 13.0. The van der Waals surface area contributed by atoms with Gasteiger partial charge in [-0.1, -0.05) is 49.2 Å². The number of nitrogens with two attached hydrogens (primary N) is 1. The number of rotatable bonds is 9. The van der Waals surface area contributed by atoms with Gasteiger partial charge < -0.3 is 20.3 Å². The maximum atomic E-state index is 11.4. The molecule has 1 amide bonds. The summed E-state index contributed by atoms with van der Waals surface area (Å²) in [6.07, 6.45) is 4.60. The molecule has 0 fully saturated rings. The van der Waals surface area contributed by atoms with E-state index >= 15 is 0 Å². The van der Waals surface area contributed by atoms with Crippen LogP contribution in [0.5, 0.6) is 11.5 Å². The molecule has 0 aliphatic heterocycles. The van der Waals surface area contributed by atoms with E-state index in [1.54, 1.807) is 24.4 Å². The highest BCUT2D eigenvalue weighted by Gasteiger charge is 2.22. The second-order valence-corrected chi connectivity index (χ2v) is 9.14. The predicted molar refractivity (Wildman–Crippen MR) is 154 cm³/mol. The molecule has 0 spiro atoms. The van der Waals surface area contributed by atoms with E-state index in [1.165, 1.54) is 32.7 Å². The van der Waals surface area contributed by atoms with Gasteiger partial charge >= 0.3 is 5.97 Å². The summed E-state index contributed by atoms with van der Waals surface area (Å²) in [5.74, 6) is -0.837. The van der Waals surface area contributed by atoms with Crippen LogP contribution in [0.3, 0.4) is 0 Å². The lowest BCUT2D eigenvalue weighted by Gasteiger charge is -2.17. The number of carbonyl (C=O) groups is 2. The van der Waals surface area contributed by atoms with Crippen molar-refractivity contribution in [1.82, 2.24) is 19.9 Å². The second-order valence-electron chi connectivity index (χ2n) is 8.38. The van der Waals surface area contributed by atoms with Crippen LogP contribution in [0.4, 0.5) is 0 Å². The molecule has 0 unspecified atom stereocenters. The SMILES string of the molecule is CCN(CC)Cc1ccc(C(N)=O)nc1.COc1cc(OC)c(Cl)c(-c2ccc(C(=O)O)c3nccnc23)c1Cl. The van der Waals surface area contributed by atoms with Crippen molar-refractivity contribution in [3.63, 3.8) is 0 Å². The summed E-state index contributed by atoms with van der Waals surface area (Å²) in [6.45, 7) is 7.12. The molecule has 40 heavy (non-hydrogen) atoms. The van der Waals surface area contributed by atoms with Gasteiger partial charge in [0.05, 0.1) is 35.3 Å². The number of primary amides is 1. The Morgan fingerprint density at radius 3 is 2.00 bits per heavy atom. The van der Waals surface area contributed by atoms with E-state index < -0.39 is 11.9 Å². The number of methoxy groups -OCH3 is 2. The number of carboxylic acid groups (broad SMARTS) is 1. The molecule has 0 radical (unpaired) electrons. The standard InChI is InChI=1S/C17H12Cl2N2O4.C11H17N3O/c1-24-10-7-11(25-2)14(19)12(13(10)18)8-3-4-9(17(22)23)16-15(8)20-5-6-21-16;1-3-14(4-2)8-9-5-6-10(11(12)15)13-7-9/h3-7H,1-2H3,(H,22,23);5-7H,3-4,8H2,1-2H3,(H2,12,15). The van der Waals surface area contributed by atoms with Crippen molar-refractivity contribution in [2.75, 3.05) is 27.3 Å². The van der Waals surface area contributed by atoms with E-state index in [9.17, 15) is 14.7 Å². The lowest BCUT2D eigenvalue weighted by molar-refractivity contribution is 0.0698. The number of aromatic carboxylic acids is 1. The van der Waals surface area contributed by atoms with Crippen molar-refractivity contribution in [2.24, 2.45) is 5.73 Å². The van der Waals surface area contributed by atoms with Gasteiger partial charge in [-0.3, -0.25) is 24.6 Å². The quantitative estimate of drug-likeness (QED) is 0.266. The molecule has 2 aromatic carbocycles. The third-order valence-electron chi connectivity index (χ3n) is 6.08. The number of benzene rings is 2. The molecule has 2 heterocycles. The molecule has 12 heteroatoms. The zero-order valence-corrected chi connectivity index (χ0v) is 24.0. The molecule has 0 bridgehead atoms. The fourth-order valence-electron chi connectivity index (χ4n) is 3.92. The smallest absolute Gasteiger partial charge is 0.337 e. The summed E-state index contributed by atoms with van der Waals surface area (Å²) in [7, 11) is 2.95. The zero-order valence-electron chi connectivity index (χ0n) is 22.4. The molecule has 0 atom stereocenters. The number of pyridine rings is 1. The van der Waals surface area contributed by atoms with Gasteiger partial charge in [-0.15, -0.1) is 0 Å². The average molecular weight is 586 g/mol. The Hall–Kier alpha value is -3.99. The maximum Gasteiger partial charge on any atom is 0.337 e. The van der Waals surface area contributed by atoms with Gasteiger partial charge in [0.25, 0.3) is 5.91 Å². The largest absolute Gasteiger partial charge is 0.495 e. The van der Waals surface area contributed by atoms with Crippen molar-refractivity contribution in [1.29, 1.82) is 0 Å². The normalized spacial score (nSPS) is 10.7. The molecule has 2 aromatic heterocycles. The van der Waals surface area contributed by atoms with Crippen molar-refractivity contribution < 1.29 is 24.2 Å². The molecule has 0 saturated carbocycles. The summed E-state index contributed by atoms with van der Waals surface area (Å²) >= 11 is 12.9. The number of aromatic nitrogens is 3. The topological polar surface area (TPSA) is 141 Å². The Labute approximate surface area is 241 Å². The van der Waals surface area contributed by atoms with Crippen LogP contribution in [0.15, 0.2) is 48.9 Å². The Morgan fingerprint density at radius 2 is 1.52 bits per heavy atom. The minimum absolute atomic E-state index is 0.0361. The van der Waals surface area contributed by atoms with Crippen molar-refractivity contribution in [3.8, 4) is 22.6 Å². The van der Waals surface area contributed by atoms with Crippen LogP contribution in [-0.2, 0) is 6.54 Å². The summed E-state index contributed by atoms with van der Waals surface area (Å²) in [5, 5.41) is 9.89. The average Bonchev–Trinajstić information content (AvgIpc) is 2.96. The Balaban J connectivity index is 0.000000252. The minimum atomic E-state index is -1.10. The highest BCUT2D eigenvalue weighted by Crippen LogP contribution is 2.47. The summed E-state index contributed by atoms with van der Waals surface area (Å²) in [4.78, 5) is 36.9. The molecule has 0 aliphatic rings. The molecule has 4 rings (SSSR count). The number of carbonyl (C=O) groups excluding carboxylic acids is 1. The molecule has 210 valence electrons. The fraction of sp³-hybridized carbons (Fsp3) is 0.250. The number of hydrogen-bond donors (Lipinski definition) is 2. The van der Waals surface area contributed by atoms with Crippen LogP contribution in [0, 0.1) is 0 Å². The lowest BCUT2D eigenvalue weighted by Crippen LogP contribution is -2.22. The van der Waals surface area contributed by atoms with Crippen molar-refractivity contribution in [2.45, 2.75) is 20.4 Å². The van der Waals surface area contributed by atoms with Crippen LogP contribution in [0.2, 0.25) is 10.0 Å². The van der Waals surface area contributed by atoms with Gasteiger partial charge in [-0.2, -0.15) is 0 Å². The number of carboxylic acids is 1. The Kier molecular flexibility index (Phi) is 10.6. The molecule has 10 nitrogen and oxygen atoms in total. The monoisotopic (exact) mass is 585 g/mol. The van der Waals surface area contributed by atoms with Gasteiger partial charge in [0.2, 0.25) is 0 Å². The van der Waals surface area contributed by atoms with Crippen LogP contribution in [-0.4, -0.2) is 64.1 Å². The van der Waals surface area contributed by atoms with Crippen LogP contribution in [0.1, 0.15) is 40.3 Å². The molecule has 0 aliphatic carbocycles. The first kappa shape index (κ1) is 30.6. The van der Waals surface area contributed by atoms with Crippen LogP contribution >= 0.6 is 23.2 Å². The minimum Gasteiger partial charge on any atom is -0.495 e. The van der Waals surface area contributed by atoms with Gasteiger partial charge in [0.15, 0.2) is 0 Å². The summed E-state index contributed by atoms with van der Waals surface area (Å²) in [5.41, 5.74) is 8.12. The number of hydrogen-bond acceptors (Lipinski definition) is 8. The van der Waals surface area contributed by atoms with E-state index in [4.69, 9.17) is 38.4 Å². The summed E-state index contributed by atoms with van der Waals surface area (Å²) < 4.78 is 10.6. The number of nitrogens with zero attached hydrogens (tertiary/aromatic N) is 4. The molecular weight excluding hydrogens is 557 g/mol. The first-order valence-electron chi connectivity index (χ1n) is 12.2. The highest BCUT2D eigenvalue weighted by molar-refractivity contribution is 6.41. The maximum absolute atomic E-state index is 11.4. The lowest BCUT2D eigenvalue weighted by atomic mass is 10.00. The van der Waals surface area contributed by atoms with Crippen LogP contribution in [0.25, 0.3) is 22.2 Å². The number of fused-ring (bicyclic) bond motifs is 1. The summed E-state index contributed by atoms with van der Waals surface area (Å²) in [6, 6.07) is 8.17.